The molecule has 0 fully saturated rings. The summed E-state index contributed by atoms with van der Waals surface area (Å²) < 4.78 is 0. The van der Waals surface area contributed by atoms with Gasteiger partial charge in [0.15, 0.2) is 0 Å². The quantitative estimate of drug-likeness (QED) is 0.492. The zero-order valence-electron chi connectivity index (χ0n) is 3.73. The van der Waals surface area contributed by atoms with E-state index in [1.807, 2.05) is 6.92 Å². The molecule has 0 aliphatic carbocycles. The van der Waals surface area contributed by atoms with Crippen LogP contribution in [0.15, 0.2) is 0 Å². The van der Waals surface area contributed by atoms with Crippen molar-refractivity contribution in [2.45, 2.75) is 26.4 Å². The topological polar surface area (TPSA) is 20.2 Å². The van der Waals surface area contributed by atoms with Crippen LogP contribution in [0.2, 0.25) is 0 Å². The van der Waals surface area contributed by atoms with E-state index in [0.29, 0.717) is 0 Å². The molecule has 0 heterocycles. The number of hydrogen-bond acceptors (Lipinski definition) is 1. The van der Waals surface area contributed by atoms with Crippen molar-refractivity contribution in [1.82, 2.24) is 0 Å². The molecule has 1 unspecified atom stereocenters. The standard InChI is InChI=1S/C4H10O.GeH4/c1-3-4(2)5;/h4-5H,3H2,1-2H3;1H4. The molecule has 1 nitrogen and oxygen atoms in total. The van der Waals surface area contributed by atoms with E-state index in [2.05, 4.69) is 0 Å². The Balaban J connectivity index is 0. The fourth-order valence-electron chi connectivity index (χ4n) is 0. The zero-order chi connectivity index (χ0) is 4.28. The monoisotopic (exact) mass is 152 g/mol. The Morgan fingerprint density at radius 1 is 1.67 bits per heavy atom. The molecule has 6 heavy (non-hydrogen) atoms. The minimum atomic E-state index is -0.116. The number of rotatable bonds is 1. The molecule has 0 bridgehead atoms. The Bertz CT molecular complexity index is 21.5. The third-order valence-corrected chi connectivity index (χ3v) is 0.591. The van der Waals surface area contributed by atoms with Gasteiger partial charge in [0.2, 0.25) is 0 Å². The maximum atomic E-state index is 8.36. The first-order valence-corrected chi connectivity index (χ1v) is 1.95. The molecular weight excluding hydrogens is 137 g/mol. The van der Waals surface area contributed by atoms with Crippen LogP contribution in [-0.2, 0) is 0 Å². The Hall–Kier alpha value is 0.503. The van der Waals surface area contributed by atoms with Gasteiger partial charge in [-0.25, -0.2) is 0 Å². The molecule has 0 aromatic carbocycles. The molecule has 0 aliphatic rings. The van der Waals surface area contributed by atoms with Gasteiger partial charge in [-0.2, -0.15) is 0 Å². The van der Waals surface area contributed by atoms with Crippen molar-refractivity contribution in [2.24, 2.45) is 0 Å². The molecule has 0 radical (unpaired) electrons. The van der Waals surface area contributed by atoms with E-state index in [1.165, 1.54) is 0 Å². The van der Waals surface area contributed by atoms with Gasteiger partial charge in [-0.1, -0.05) is 6.92 Å². The average Bonchev–Trinajstić information content (AvgIpc) is 1.38. The van der Waals surface area contributed by atoms with Crippen LogP contribution in [0.1, 0.15) is 20.3 Å². The Morgan fingerprint density at radius 2 is 1.83 bits per heavy atom. The second-order valence-electron chi connectivity index (χ2n) is 1.26. The van der Waals surface area contributed by atoms with Gasteiger partial charge >= 0.3 is 17.6 Å². The molecule has 0 aromatic rings. The zero-order valence-corrected chi connectivity index (χ0v) is 3.73. The average molecular weight is 151 g/mol. The van der Waals surface area contributed by atoms with Crippen LogP contribution >= 0.6 is 0 Å². The van der Waals surface area contributed by atoms with Gasteiger partial charge in [-0.15, -0.1) is 0 Å². The van der Waals surface area contributed by atoms with Gasteiger partial charge < -0.3 is 5.11 Å². The third kappa shape index (κ3) is 8.82. The molecule has 0 aromatic heterocycles. The van der Waals surface area contributed by atoms with Crippen molar-refractivity contribution < 1.29 is 5.11 Å². The normalized spacial score (nSPS) is 12.5. The summed E-state index contributed by atoms with van der Waals surface area (Å²) in [6, 6.07) is 0. The summed E-state index contributed by atoms with van der Waals surface area (Å²) in [4.78, 5) is 0. The van der Waals surface area contributed by atoms with Crippen LogP contribution in [0.4, 0.5) is 0 Å². The Kier molecular flexibility index (Phi) is 8.91. The molecular formula is C4H14GeO. The van der Waals surface area contributed by atoms with Crippen LogP contribution in [0.3, 0.4) is 0 Å². The predicted molar refractivity (Wildman–Crippen MR) is 33.3 cm³/mol. The van der Waals surface area contributed by atoms with E-state index in [-0.39, 0.29) is 23.7 Å². The van der Waals surface area contributed by atoms with Crippen LogP contribution < -0.4 is 0 Å². The van der Waals surface area contributed by atoms with E-state index < -0.39 is 0 Å². The first kappa shape index (κ1) is 9.71. The van der Waals surface area contributed by atoms with E-state index in [0.717, 1.165) is 6.42 Å². The second kappa shape index (κ2) is 5.50. The van der Waals surface area contributed by atoms with E-state index in [1.54, 1.807) is 6.92 Å². The van der Waals surface area contributed by atoms with Crippen LogP contribution in [0.25, 0.3) is 0 Å². The molecule has 40 valence electrons. The molecule has 0 aliphatic heterocycles. The molecule has 0 saturated carbocycles. The van der Waals surface area contributed by atoms with Gasteiger partial charge in [0.05, 0.1) is 6.10 Å². The maximum absolute atomic E-state index is 8.36. The van der Waals surface area contributed by atoms with Crippen molar-refractivity contribution >= 4 is 17.6 Å². The van der Waals surface area contributed by atoms with Crippen LogP contribution in [0.5, 0.6) is 0 Å². The third-order valence-electron chi connectivity index (χ3n) is 0.591. The van der Waals surface area contributed by atoms with Crippen molar-refractivity contribution in [3.63, 3.8) is 0 Å². The molecule has 0 spiro atoms. The number of aliphatic hydroxyl groups excluding tert-OH is 1. The first-order chi connectivity index (χ1) is 2.27. The fraction of sp³-hybridized carbons (Fsp3) is 1.00. The van der Waals surface area contributed by atoms with Gasteiger partial charge in [-0.3, -0.25) is 0 Å². The number of aliphatic hydroxyl groups is 1. The van der Waals surface area contributed by atoms with Gasteiger partial charge in [0, 0.05) is 0 Å². The molecule has 1 atom stereocenters. The summed E-state index contributed by atoms with van der Waals surface area (Å²) in [6.45, 7) is 3.73. The van der Waals surface area contributed by atoms with Crippen molar-refractivity contribution in [3.05, 3.63) is 0 Å². The Morgan fingerprint density at radius 3 is 1.83 bits per heavy atom. The van der Waals surface area contributed by atoms with E-state index in [4.69, 9.17) is 5.11 Å². The Labute approximate surface area is 49.7 Å². The van der Waals surface area contributed by atoms with E-state index in [9.17, 15) is 0 Å². The van der Waals surface area contributed by atoms with Crippen LogP contribution in [-0.4, -0.2) is 28.8 Å². The summed E-state index contributed by atoms with van der Waals surface area (Å²) in [5.41, 5.74) is 0. The van der Waals surface area contributed by atoms with Crippen molar-refractivity contribution in [1.29, 1.82) is 0 Å². The van der Waals surface area contributed by atoms with Gasteiger partial charge in [-0.05, 0) is 13.3 Å². The minimum absolute atomic E-state index is 0. The summed E-state index contributed by atoms with van der Waals surface area (Å²) in [6.07, 6.45) is 0.745. The van der Waals surface area contributed by atoms with Crippen molar-refractivity contribution in [3.8, 4) is 0 Å². The summed E-state index contributed by atoms with van der Waals surface area (Å²) in [7, 11) is 0. The van der Waals surface area contributed by atoms with Gasteiger partial charge in [0.1, 0.15) is 0 Å². The SMILES string of the molecule is CCC(C)O.[GeH4]. The number of hydrogen-bond donors (Lipinski definition) is 1. The summed E-state index contributed by atoms with van der Waals surface area (Å²) in [5, 5.41) is 8.36. The molecule has 2 heteroatoms. The second-order valence-corrected chi connectivity index (χ2v) is 1.26. The fourth-order valence-corrected chi connectivity index (χ4v) is 0. The predicted octanol–water partition coefficient (Wildman–Crippen LogP) is -0.674. The van der Waals surface area contributed by atoms with Gasteiger partial charge in [0.25, 0.3) is 0 Å². The molecule has 0 amide bonds. The summed E-state index contributed by atoms with van der Waals surface area (Å²) in [5.74, 6) is 0. The van der Waals surface area contributed by atoms with Crippen molar-refractivity contribution in [2.75, 3.05) is 0 Å². The molecule has 0 rings (SSSR count). The first-order valence-electron chi connectivity index (χ1n) is 1.95. The summed E-state index contributed by atoms with van der Waals surface area (Å²) >= 11 is 0. The molecule has 0 saturated heterocycles. The van der Waals surface area contributed by atoms with E-state index >= 15 is 0 Å². The van der Waals surface area contributed by atoms with Crippen LogP contribution in [0, 0.1) is 0 Å². The molecule has 1 N–H and O–H groups in total.